The van der Waals surface area contributed by atoms with Gasteiger partial charge in [-0.05, 0) is 13.0 Å². The summed E-state index contributed by atoms with van der Waals surface area (Å²) in [7, 11) is 0. The molecule has 1 unspecified atom stereocenters. The zero-order valence-electron chi connectivity index (χ0n) is 10.6. The summed E-state index contributed by atoms with van der Waals surface area (Å²) in [5.41, 5.74) is 0.338. The zero-order chi connectivity index (χ0) is 13.5. The van der Waals surface area contributed by atoms with Crippen molar-refractivity contribution in [3.8, 4) is 0 Å². The number of hydrogen-bond acceptors (Lipinski definition) is 4. The first kappa shape index (κ1) is 11.9. The number of carbonyl (C=O) groups is 2. The van der Waals surface area contributed by atoms with Gasteiger partial charge in [0.15, 0.2) is 0 Å². The monoisotopic (exact) mass is 258 g/mol. The van der Waals surface area contributed by atoms with E-state index in [0.29, 0.717) is 18.5 Å². The molecule has 0 N–H and O–H groups in total. The van der Waals surface area contributed by atoms with Gasteiger partial charge in [-0.1, -0.05) is 29.5 Å². The highest BCUT2D eigenvalue weighted by atomic mass is 16.7. The lowest BCUT2D eigenvalue weighted by atomic mass is 9.96. The molecule has 0 aromatic carbocycles. The summed E-state index contributed by atoms with van der Waals surface area (Å²) in [6, 6.07) is 0. The number of imide groups is 1. The van der Waals surface area contributed by atoms with Gasteiger partial charge in [-0.15, -0.1) is 0 Å². The van der Waals surface area contributed by atoms with Crippen molar-refractivity contribution in [3.63, 3.8) is 0 Å². The Labute approximate surface area is 110 Å². The molecule has 5 nitrogen and oxygen atoms in total. The number of allylic oxidation sites excluding steroid dienone is 5. The van der Waals surface area contributed by atoms with E-state index in [1.165, 1.54) is 4.90 Å². The van der Waals surface area contributed by atoms with E-state index in [1.54, 1.807) is 13.0 Å². The van der Waals surface area contributed by atoms with Crippen LogP contribution in [0.15, 0.2) is 41.2 Å². The van der Waals surface area contributed by atoms with E-state index in [0.717, 1.165) is 5.71 Å². The summed E-state index contributed by atoms with van der Waals surface area (Å²) in [5, 5.41) is 3.82. The van der Waals surface area contributed by atoms with Gasteiger partial charge < -0.3 is 4.84 Å². The lowest BCUT2D eigenvalue weighted by Gasteiger charge is -2.20. The fourth-order valence-electron chi connectivity index (χ4n) is 2.59. The van der Waals surface area contributed by atoms with E-state index in [2.05, 4.69) is 5.16 Å². The highest BCUT2D eigenvalue weighted by Crippen LogP contribution is 2.38. The first-order chi connectivity index (χ1) is 9.12. The number of rotatable bonds is 1. The number of hydrogen-bond donors (Lipinski definition) is 0. The molecular formula is C14H14N2O3. The molecule has 0 aromatic rings. The minimum Gasteiger partial charge on any atom is -0.378 e. The molecule has 2 amide bonds. The second kappa shape index (κ2) is 4.19. The summed E-state index contributed by atoms with van der Waals surface area (Å²) in [4.78, 5) is 31.2. The van der Waals surface area contributed by atoms with Crippen LogP contribution in [0, 0.1) is 0 Å². The van der Waals surface area contributed by atoms with E-state index < -0.39 is 5.60 Å². The van der Waals surface area contributed by atoms with Crippen LogP contribution in [0.5, 0.6) is 0 Å². The van der Waals surface area contributed by atoms with Crippen molar-refractivity contribution < 1.29 is 14.4 Å². The van der Waals surface area contributed by atoms with Crippen molar-refractivity contribution in [1.82, 2.24) is 4.90 Å². The molecule has 3 rings (SSSR count). The smallest absolute Gasteiger partial charge is 0.281 e. The average molecular weight is 258 g/mol. The van der Waals surface area contributed by atoms with Crippen LogP contribution >= 0.6 is 0 Å². The van der Waals surface area contributed by atoms with Gasteiger partial charge in [0.1, 0.15) is 0 Å². The highest BCUT2D eigenvalue weighted by Gasteiger charge is 2.57. The van der Waals surface area contributed by atoms with Crippen molar-refractivity contribution in [2.24, 2.45) is 5.16 Å². The van der Waals surface area contributed by atoms with Crippen LogP contribution < -0.4 is 0 Å². The van der Waals surface area contributed by atoms with Gasteiger partial charge in [0.25, 0.3) is 5.91 Å². The number of oxime groups is 1. The summed E-state index contributed by atoms with van der Waals surface area (Å²) in [6.07, 6.45) is 10.3. The van der Waals surface area contributed by atoms with Gasteiger partial charge in [-0.2, -0.15) is 0 Å². The SMILES string of the molecule is CC1=NOC2(CC(=O)N(C3=CC=CC=CC3)C2=O)C1. The molecule has 5 heteroatoms. The Balaban J connectivity index is 1.90. The Hall–Kier alpha value is -2.17. The molecule has 2 aliphatic heterocycles. The second-order valence-corrected chi connectivity index (χ2v) is 4.98. The maximum atomic E-state index is 12.5. The molecule has 0 aromatic heterocycles. The van der Waals surface area contributed by atoms with Crippen LogP contribution in [-0.2, 0) is 14.4 Å². The fourth-order valence-corrected chi connectivity index (χ4v) is 2.59. The van der Waals surface area contributed by atoms with Gasteiger partial charge >= 0.3 is 0 Å². The van der Waals surface area contributed by atoms with Crippen molar-refractivity contribution in [2.75, 3.05) is 0 Å². The molecule has 2 heterocycles. The van der Waals surface area contributed by atoms with E-state index in [4.69, 9.17) is 4.84 Å². The topological polar surface area (TPSA) is 59.0 Å². The van der Waals surface area contributed by atoms with Gasteiger partial charge in [-0.25, -0.2) is 0 Å². The Morgan fingerprint density at radius 1 is 1.26 bits per heavy atom. The van der Waals surface area contributed by atoms with Crippen LogP contribution in [0.1, 0.15) is 26.2 Å². The standard InChI is InChI=1S/C14H14N2O3/c1-10-8-14(19-15-10)9-12(17)16(13(14)18)11-6-4-2-3-5-7-11/h2-6H,7-9H2,1H3. The maximum absolute atomic E-state index is 12.5. The van der Waals surface area contributed by atoms with Crippen LogP contribution in [-0.4, -0.2) is 28.0 Å². The summed E-state index contributed by atoms with van der Waals surface area (Å²) < 4.78 is 0. The Kier molecular flexibility index (Phi) is 2.62. The molecule has 3 aliphatic rings. The Morgan fingerprint density at radius 2 is 2.11 bits per heavy atom. The molecule has 1 saturated heterocycles. The lowest BCUT2D eigenvalue weighted by Crippen LogP contribution is -2.40. The molecule has 19 heavy (non-hydrogen) atoms. The average Bonchev–Trinajstić information content (AvgIpc) is 2.72. The molecule has 0 radical (unpaired) electrons. The fraction of sp³-hybridized carbons (Fsp3) is 0.357. The summed E-state index contributed by atoms with van der Waals surface area (Å²) >= 11 is 0. The van der Waals surface area contributed by atoms with Crippen LogP contribution in [0.4, 0.5) is 0 Å². The molecule has 0 bridgehead atoms. The third-order valence-electron chi connectivity index (χ3n) is 3.46. The molecule has 1 fully saturated rings. The van der Waals surface area contributed by atoms with E-state index in [1.807, 2.05) is 24.3 Å². The van der Waals surface area contributed by atoms with E-state index in [-0.39, 0.29) is 18.2 Å². The van der Waals surface area contributed by atoms with Crippen molar-refractivity contribution in [2.45, 2.75) is 31.8 Å². The summed E-state index contributed by atoms with van der Waals surface area (Å²) in [6.45, 7) is 1.80. The summed E-state index contributed by atoms with van der Waals surface area (Å²) in [5.74, 6) is -0.516. The van der Waals surface area contributed by atoms with Gasteiger partial charge in [-0.3, -0.25) is 14.5 Å². The lowest BCUT2D eigenvalue weighted by molar-refractivity contribution is -0.146. The number of amides is 2. The first-order valence-electron chi connectivity index (χ1n) is 6.24. The third-order valence-corrected chi connectivity index (χ3v) is 3.46. The predicted octanol–water partition coefficient (Wildman–Crippen LogP) is 1.68. The van der Waals surface area contributed by atoms with E-state index >= 15 is 0 Å². The van der Waals surface area contributed by atoms with Crippen molar-refractivity contribution in [3.05, 3.63) is 36.1 Å². The van der Waals surface area contributed by atoms with Crippen LogP contribution in [0.25, 0.3) is 0 Å². The van der Waals surface area contributed by atoms with Crippen LogP contribution in [0.3, 0.4) is 0 Å². The van der Waals surface area contributed by atoms with Crippen LogP contribution in [0.2, 0.25) is 0 Å². The highest BCUT2D eigenvalue weighted by molar-refractivity contribution is 6.11. The molecule has 0 saturated carbocycles. The quantitative estimate of drug-likeness (QED) is 0.672. The molecule has 98 valence electrons. The predicted molar refractivity (Wildman–Crippen MR) is 69.0 cm³/mol. The second-order valence-electron chi connectivity index (χ2n) is 4.98. The minimum absolute atomic E-state index is 0.0669. The number of nitrogens with zero attached hydrogens (tertiary/aromatic N) is 2. The largest absolute Gasteiger partial charge is 0.378 e. The molecule has 1 aliphatic carbocycles. The molecule has 1 spiro atoms. The van der Waals surface area contributed by atoms with E-state index in [9.17, 15) is 9.59 Å². The molecular weight excluding hydrogens is 244 g/mol. The Morgan fingerprint density at radius 3 is 2.84 bits per heavy atom. The van der Waals surface area contributed by atoms with Gasteiger partial charge in [0.05, 0.1) is 12.1 Å². The van der Waals surface area contributed by atoms with Gasteiger partial charge in [0, 0.05) is 18.5 Å². The first-order valence-corrected chi connectivity index (χ1v) is 6.24. The number of carbonyl (C=O) groups excluding carboxylic acids is 2. The van der Waals surface area contributed by atoms with Gasteiger partial charge in [0.2, 0.25) is 11.5 Å². The molecule has 1 atom stereocenters. The van der Waals surface area contributed by atoms with Crippen molar-refractivity contribution >= 4 is 17.5 Å². The maximum Gasteiger partial charge on any atom is 0.281 e. The Bertz CT molecular complexity index is 571. The van der Waals surface area contributed by atoms with Crippen molar-refractivity contribution in [1.29, 1.82) is 0 Å². The number of likely N-dealkylation sites (tertiary alicyclic amines) is 1. The third kappa shape index (κ3) is 1.82. The normalized spacial score (nSPS) is 29.6. The minimum atomic E-state index is -1.10. The zero-order valence-corrected chi connectivity index (χ0v) is 10.6.